The zero-order chi connectivity index (χ0) is 17.4. The lowest BCUT2D eigenvalue weighted by Crippen LogP contribution is -2.19. The Morgan fingerprint density at radius 1 is 1.08 bits per heavy atom. The van der Waals surface area contributed by atoms with Crippen LogP contribution in [0.15, 0.2) is 36.7 Å². The first-order valence-corrected chi connectivity index (χ1v) is 7.85. The van der Waals surface area contributed by atoms with Gasteiger partial charge < -0.3 is 10.6 Å². The minimum absolute atomic E-state index is 0.321. The van der Waals surface area contributed by atoms with Crippen molar-refractivity contribution in [1.29, 1.82) is 0 Å². The summed E-state index contributed by atoms with van der Waals surface area (Å²) in [6.45, 7) is 0. The molecule has 0 fully saturated rings. The molecule has 7 heteroatoms. The fourth-order valence-electron chi connectivity index (χ4n) is 2.65. The quantitative estimate of drug-likeness (QED) is 0.771. The summed E-state index contributed by atoms with van der Waals surface area (Å²) in [6.07, 6.45) is 3.13. The molecule has 2 N–H and O–H groups in total. The number of halogens is 2. The van der Waals surface area contributed by atoms with E-state index in [-0.39, 0.29) is 0 Å². The Labute approximate surface area is 149 Å². The molecule has 0 saturated heterocycles. The van der Waals surface area contributed by atoms with Gasteiger partial charge in [-0.05, 0) is 29.8 Å². The summed E-state index contributed by atoms with van der Waals surface area (Å²) in [5, 5.41) is 1.06. The van der Waals surface area contributed by atoms with Gasteiger partial charge in [0, 0.05) is 42.1 Å². The smallest absolute Gasteiger partial charge is 0.252 e. The molecule has 0 bridgehead atoms. The summed E-state index contributed by atoms with van der Waals surface area (Å²) >= 11 is 12.2. The van der Waals surface area contributed by atoms with Crippen molar-refractivity contribution in [3.63, 3.8) is 0 Å². The number of fused-ring (bicyclic) bond motifs is 1. The number of benzene rings is 1. The minimum atomic E-state index is -0.550. The summed E-state index contributed by atoms with van der Waals surface area (Å²) in [5.41, 5.74) is 9.29. The number of primary amides is 1. The Morgan fingerprint density at radius 2 is 1.75 bits per heavy atom. The number of nitrogens with zero attached hydrogens (tertiary/aromatic N) is 3. The van der Waals surface area contributed by atoms with Crippen LogP contribution in [0.25, 0.3) is 22.2 Å². The SMILES string of the molecule is CN(C)c1c(C(N)=O)cnc2c(-c3cc(Cl)cc(Cl)c3)ccnc12. The molecular weight excluding hydrogens is 347 g/mol. The van der Waals surface area contributed by atoms with E-state index in [1.54, 1.807) is 29.3 Å². The van der Waals surface area contributed by atoms with E-state index < -0.39 is 5.91 Å². The molecule has 0 aliphatic rings. The van der Waals surface area contributed by atoms with E-state index in [4.69, 9.17) is 28.9 Å². The van der Waals surface area contributed by atoms with Crippen molar-refractivity contribution in [3.8, 4) is 11.1 Å². The van der Waals surface area contributed by atoms with Gasteiger partial charge in [-0.25, -0.2) is 0 Å². The Hall–Kier alpha value is -2.37. The lowest BCUT2D eigenvalue weighted by Gasteiger charge is -2.18. The van der Waals surface area contributed by atoms with Crippen LogP contribution >= 0.6 is 23.2 Å². The van der Waals surface area contributed by atoms with Crippen molar-refractivity contribution in [1.82, 2.24) is 9.97 Å². The van der Waals surface area contributed by atoms with Gasteiger partial charge in [-0.1, -0.05) is 23.2 Å². The van der Waals surface area contributed by atoms with Gasteiger partial charge in [0.25, 0.3) is 5.91 Å². The van der Waals surface area contributed by atoms with E-state index in [9.17, 15) is 4.79 Å². The van der Waals surface area contributed by atoms with Crippen LogP contribution in [-0.4, -0.2) is 30.0 Å². The maximum absolute atomic E-state index is 11.7. The molecule has 122 valence electrons. The zero-order valence-electron chi connectivity index (χ0n) is 13.0. The summed E-state index contributed by atoms with van der Waals surface area (Å²) in [7, 11) is 3.65. The first kappa shape index (κ1) is 16.5. The number of carbonyl (C=O) groups is 1. The third-order valence-electron chi connectivity index (χ3n) is 3.61. The number of aromatic nitrogens is 2. The molecule has 0 unspecified atom stereocenters. The topological polar surface area (TPSA) is 72.1 Å². The number of carbonyl (C=O) groups excluding carboxylic acids is 1. The number of amides is 1. The lowest BCUT2D eigenvalue weighted by molar-refractivity contribution is 0.100. The predicted molar refractivity (Wildman–Crippen MR) is 97.8 cm³/mol. The molecule has 0 aliphatic carbocycles. The van der Waals surface area contributed by atoms with Gasteiger partial charge in [-0.15, -0.1) is 0 Å². The molecule has 2 aromatic heterocycles. The number of nitrogens with two attached hydrogens (primary N) is 1. The molecule has 0 saturated carbocycles. The molecule has 3 aromatic rings. The van der Waals surface area contributed by atoms with Crippen molar-refractivity contribution in [3.05, 3.63) is 52.3 Å². The highest BCUT2D eigenvalue weighted by molar-refractivity contribution is 6.35. The van der Waals surface area contributed by atoms with Crippen LogP contribution in [0.1, 0.15) is 10.4 Å². The van der Waals surface area contributed by atoms with Crippen molar-refractivity contribution in [2.45, 2.75) is 0 Å². The number of rotatable bonds is 3. The lowest BCUT2D eigenvalue weighted by atomic mass is 10.0. The van der Waals surface area contributed by atoms with Crippen molar-refractivity contribution >= 4 is 45.8 Å². The second-order valence-corrected chi connectivity index (χ2v) is 6.37. The maximum Gasteiger partial charge on any atom is 0.252 e. The molecule has 1 amide bonds. The minimum Gasteiger partial charge on any atom is -0.375 e. The average Bonchev–Trinajstić information content (AvgIpc) is 2.51. The Kier molecular flexibility index (Phi) is 4.30. The monoisotopic (exact) mass is 360 g/mol. The molecule has 0 aliphatic heterocycles. The molecule has 0 atom stereocenters. The van der Waals surface area contributed by atoms with Gasteiger partial charge >= 0.3 is 0 Å². The van der Waals surface area contributed by atoms with Crippen LogP contribution in [0, 0.1) is 0 Å². The van der Waals surface area contributed by atoms with E-state index in [1.807, 2.05) is 20.2 Å². The number of anilines is 1. The molecule has 1 aromatic carbocycles. The van der Waals surface area contributed by atoms with Crippen LogP contribution in [0.3, 0.4) is 0 Å². The largest absolute Gasteiger partial charge is 0.375 e. The molecule has 0 spiro atoms. The highest BCUT2D eigenvalue weighted by Crippen LogP contribution is 2.34. The zero-order valence-corrected chi connectivity index (χ0v) is 14.6. The van der Waals surface area contributed by atoms with Crippen LogP contribution in [0.2, 0.25) is 10.0 Å². The summed E-state index contributed by atoms with van der Waals surface area (Å²) in [6, 6.07) is 7.11. The number of hydrogen-bond donors (Lipinski definition) is 1. The molecule has 2 heterocycles. The first-order chi connectivity index (χ1) is 11.4. The summed E-state index contributed by atoms with van der Waals surface area (Å²) < 4.78 is 0. The third-order valence-corrected chi connectivity index (χ3v) is 4.05. The summed E-state index contributed by atoms with van der Waals surface area (Å²) in [4.78, 5) is 22.3. The standard InChI is InChI=1S/C17H14Cl2N4O/c1-23(2)16-13(17(20)24)8-22-14-12(3-4-21-15(14)16)9-5-10(18)7-11(19)6-9/h3-8H,1-2H3,(H2,20,24). The van der Waals surface area contributed by atoms with Gasteiger partial charge in [0.2, 0.25) is 0 Å². The van der Waals surface area contributed by atoms with Gasteiger partial charge in [0.1, 0.15) is 5.52 Å². The van der Waals surface area contributed by atoms with Crippen LogP contribution < -0.4 is 10.6 Å². The second-order valence-electron chi connectivity index (χ2n) is 5.49. The fraction of sp³-hybridized carbons (Fsp3) is 0.118. The van der Waals surface area contributed by atoms with Gasteiger partial charge in [0.15, 0.2) is 0 Å². The predicted octanol–water partition coefficient (Wildman–Crippen LogP) is 3.77. The van der Waals surface area contributed by atoms with E-state index in [0.717, 1.165) is 11.1 Å². The molecular formula is C17H14Cl2N4O. The van der Waals surface area contributed by atoms with Gasteiger partial charge in [-0.3, -0.25) is 14.8 Å². The molecule has 3 rings (SSSR count). The molecule has 24 heavy (non-hydrogen) atoms. The Balaban J connectivity index is 2.36. The Morgan fingerprint density at radius 3 is 2.33 bits per heavy atom. The van der Waals surface area contributed by atoms with E-state index in [0.29, 0.717) is 32.3 Å². The van der Waals surface area contributed by atoms with Crippen molar-refractivity contribution < 1.29 is 4.79 Å². The number of hydrogen-bond acceptors (Lipinski definition) is 4. The normalized spacial score (nSPS) is 10.8. The van der Waals surface area contributed by atoms with E-state index in [1.165, 1.54) is 6.20 Å². The van der Waals surface area contributed by atoms with E-state index >= 15 is 0 Å². The Bertz CT molecular complexity index is 936. The highest BCUT2D eigenvalue weighted by Gasteiger charge is 2.18. The van der Waals surface area contributed by atoms with Crippen molar-refractivity contribution in [2.24, 2.45) is 5.73 Å². The average molecular weight is 361 g/mol. The number of pyridine rings is 2. The second kappa shape index (κ2) is 6.26. The van der Waals surface area contributed by atoms with Crippen LogP contribution in [-0.2, 0) is 0 Å². The van der Waals surface area contributed by atoms with Crippen LogP contribution in [0.5, 0.6) is 0 Å². The molecule has 5 nitrogen and oxygen atoms in total. The third kappa shape index (κ3) is 2.88. The highest BCUT2D eigenvalue weighted by atomic mass is 35.5. The molecule has 0 radical (unpaired) electrons. The van der Waals surface area contributed by atoms with E-state index in [2.05, 4.69) is 9.97 Å². The van der Waals surface area contributed by atoms with Gasteiger partial charge in [0.05, 0.1) is 16.8 Å². The summed E-state index contributed by atoms with van der Waals surface area (Å²) in [5.74, 6) is -0.550. The maximum atomic E-state index is 11.7. The van der Waals surface area contributed by atoms with Crippen molar-refractivity contribution in [2.75, 3.05) is 19.0 Å². The van der Waals surface area contributed by atoms with Gasteiger partial charge in [-0.2, -0.15) is 0 Å². The fourth-order valence-corrected chi connectivity index (χ4v) is 3.18. The first-order valence-electron chi connectivity index (χ1n) is 7.10. The van der Waals surface area contributed by atoms with Crippen LogP contribution in [0.4, 0.5) is 5.69 Å².